The molecule has 0 N–H and O–H groups in total. The van der Waals surface area contributed by atoms with E-state index in [1.807, 2.05) is 11.3 Å². The minimum atomic E-state index is 0.824. The van der Waals surface area contributed by atoms with Gasteiger partial charge in [-0.2, -0.15) is 0 Å². The molecular weight excluding hydrogens is 300 g/mol. The van der Waals surface area contributed by atoms with Gasteiger partial charge in [0.2, 0.25) is 0 Å². The average Bonchev–Trinajstić information content (AvgIpc) is 2.94. The molecule has 0 aliphatic rings. The molecule has 0 saturated heterocycles. The first-order valence-electron chi connectivity index (χ1n) is 8.74. The van der Waals surface area contributed by atoms with Crippen molar-refractivity contribution in [3.8, 4) is 5.75 Å². The fraction of sp³-hybridized carbons (Fsp3) is 0.429. The lowest BCUT2D eigenvalue weighted by Gasteiger charge is -2.09. The predicted octanol–water partition coefficient (Wildman–Crippen LogP) is 6.80. The molecule has 0 unspecified atom stereocenters. The van der Waals surface area contributed by atoms with E-state index in [4.69, 9.17) is 4.74 Å². The third kappa shape index (κ3) is 2.97. The van der Waals surface area contributed by atoms with Gasteiger partial charge in [-0.3, -0.25) is 0 Å². The van der Waals surface area contributed by atoms with Crippen LogP contribution in [0.15, 0.2) is 24.3 Å². The van der Waals surface area contributed by atoms with Crippen molar-refractivity contribution in [3.63, 3.8) is 0 Å². The van der Waals surface area contributed by atoms with Crippen molar-refractivity contribution >= 4 is 31.5 Å². The highest BCUT2D eigenvalue weighted by atomic mass is 32.1. The van der Waals surface area contributed by atoms with E-state index in [-0.39, 0.29) is 0 Å². The lowest BCUT2D eigenvalue weighted by atomic mass is 10.0. The largest absolute Gasteiger partial charge is 0.493 e. The molecular formula is C21H26OS. The molecule has 0 amide bonds. The van der Waals surface area contributed by atoms with Gasteiger partial charge in [0.15, 0.2) is 0 Å². The first-order chi connectivity index (χ1) is 11.2. The summed E-state index contributed by atoms with van der Waals surface area (Å²) in [6, 6.07) is 8.97. The predicted molar refractivity (Wildman–Crippen MR) is 103 cm³/mol. The first-order valence-corrected chi connectivity index (χ1v) is 9.56. The maximum absolute atomic E-state index is 6.02. The van der Waals surface area contributed by atoms with Gasteiger partial charge in [0.05, 0.1) is 6.61 Å². The fourth-order valence-corrected chi connectivity index (χ4v) is 4.59. The van der Waals surface area contributed by atoms with Gasteiger partial charge in [0.25, 0.3) is 0 Å². The van der Waals surface area contributed by atoms with Crippen LogP contribution in [-0.4, -0.2) is 6.61 Å². The summed E-state index contributed by atoms with van der Waals surface area (Å²) < 4.78 is 8.84. The summed E-state index contributed by atoms with van der Waals surface area (Å²) >= 11 is 1.92. The van der Waals surface area contributed by atoms with Crippen LogP contribution in [0.5, 0.6) is 5.75 Å². The maximum atomic E-state index is 6.02. The molecule has 2 aromatic carbocycles. The first kappa shape index (κ1) is 16.3. The summed E-state index contributed by atoms with van der Waals surface area (Å²) in [6.45, 7) is 9.73. The van der Waals surface area contributed by atoms with Crippen molar-refractivity contribution in [1.82, 2.24) is 0 Å². The summed E-state index contributed by atoms with van der Waals surface area (Å²) in [6.07, 6.45) is 4.71. The molecule has 2 heteroatoms. The van der Waals surface area contributed by atoms with E-state index in [1.165, 1.54) is 49.7 Å². The van der Waals surface area contributed by atoms with E-state index in [9.17, 15) is 0 Å². The van der Waals surface area contributed by atoms with Gasteiger partial charge < -0.3 is 4.74 Å². The molecule has 1 nitrogen and oxygen atoms in total. The van der Waals surface area contributed by atoms with E-state index in [2.05, 4.69) is 52.0 Å². The van der Waals surface area contributed by atoms with Gasteiger partial charge in [-0.1, -0.05) is 38.8 Å². The number of aryl methyl sites for hydroxylation is 3. The normalized spacial score (nSPS) is 11.5. The van der Waals surface area contributed by atoms with Crippen molar-refractivity contribution in [1.29, 1.82) is 0 Å². The van der Waals surface area contributed by atoms with Crippen LogP contribution in [0.25, 0.3) is 20.2 Å². The van der Waals surface area contributed by atoms with E-state index in [0.717, 1.165) is 25.2 Å². The Labute approximate surface area is 143 Å². The lowest BCUT2D eigenvalue weighted by Crippen LogP contribution is -1.98. The van der Waals surface area contributed by atoms with Crippen LogP contribution < -0.4 is 4.74 Å². The summed E-state index contributed by atoms with van der Waals surface area (Å²) in [5.41, 5.74) is 4.19. The molecule has 1 heterocycles. The number of hydrogen-bond acceptors (Lipinski definition) is 2. The quantitative estimate of drug-likeness (QED) is 0.452. The Morgan fingerprint density at radius 1 is 0.870 bits per heavy atom. The Bertz CT molecular complexity index is 829. The highest BCUT2D eigenvalue weighted by Crippen LogP contribution is 2.41. The molecule has 0 atom stereocenters. The number of hydrogen-bond donors (Lipinski definition) is 0. The van der Waals surface area contributed by atoms with Crippen LogP contribution in [0.3, 0.4) is 0 Å². The van der Waals surface area contributed by atoms with Crippen molar-refractivity contribution in [2.75, 3.05) is 6.61 Å². The van der Waals surface area contributed by atoms with Crippen molar-refractivity contribution in [3.05, 3.63) is 41.0 Å². The van der Waals surface area contributed by atoms with Crippen molar-refractivity contribution < 1.29 is 4.74 Å². The highest BCUT2D eigenvalue weighted by Gasteiger charge is 2.13. The molecule has 0 fully saturated rings. The molecule has 3 rings (SSSR count). The van der Waals surface area contributed by atoms with Gasteiger partial charge in [-0.15, -0.1) is 11.3 Å². The Balaban J connectivity index is 2.03. The number of rotatable bonds is 6. The fourth-order valence-electron chi connectivity index (χ4n) is 3.27. The maximum Gasteiger partial charge on any atom is 0.123 e. The van der Waals surface area contributed by atoms with Gasteiger partial charge >= 0.3 is 0 Å². The number of benzene rings is 2. The smallest absolute Gasteiger partial charge is 0.123 e. The average molecular weight is 327 g/mol. The standard InChI is InChI=1S/C21H26OS/c1-5-7-8-13-22-19-12-11-18-17-10-9-16(6-2)14(3)20(17)23-21(18)15(19)4/h9-12H,5-8,13H2,1-4H3. The van der Waals surface area contributed by atoms with Crippen LogP contribution >= 0.6 is 11.3 Å². The summed E-state index contributed by atoms with van der Waals surface area (Å²) in [5, 5.41) is 2.76. The van der Waals surface area contributed by atoms with Gasteiger partial charge in [-0.25, -0.2) is 0 Å². The topological polar surface area (TPSA) is 9.23 Å². The summed E-state index contributed by atoms with van der Waals surface area (Å²) in [4.78, 5) is 0. The third-order valence-corrected chi connectivity index (χ3v) is 6.22. The summed E-state index contributed by atoms with van der Waals surface area (Å²) in [7, 11) is 0. The van der Waals surface area contributed by atoms with Crippen LogP contribution in [0.4, 0.5) is 0 Å². The Kier molecular flexibility index (Phi) is 4.91. The Hall–Kier alpha value is -1.54. The lowest BCUT2D eigenvalue weighted by molar-refractivity contribution is 0.305. The zero-order chi connectivity index (χ0) is 16.4. The van der Waals surface area contributed by atoms with Gasteiger partial charge in [0, 0.05) is 25.7 Å². The molecule has 0 saturated carbocycles. The minimum absolute atomic E-state index is 0.824. The summed E-state index contributed by atoms with van der Waals surface area (Å²) in [5.74, 6) is 1.05. The second kappa shape index (κ2) is 6.92. The van der Waals surface area contributed by atoms with Crippen LogP contribution in [0, 0.1) is 13.8 Å². The third-order valence-electron chi connectivity index (χ3n) is 4.75. The van der Waals surface area contributed by atoms with Gasteiger partial charge in [-0.05, 0) is 49.9 Å². The van der Waals surface area contributed by atoms with Crippen LogP contribution in [0.2, 0.25) is 0 Å². The van der Waals surface area contributed by atoms with Crippen molar-refractivity contribution in [2.45, 2.75) is 53.4 Å². The molecule has 23 heavy (non-hydrogen) atoms. The van der Waals surface area contributed by atoms with Crippen LogP contribution in [-0.2, 0) is 6.42 Å². The number of fused-ring (bicyclic) bond motifs is 3. The van der Waals surface area contributed by atoms with Crippen molar-refractivity contribution in [2.24, 2.45) is 0 Å². The SMILES string of the molecule is CCCCCOc1ccc2c(sc3c(C)c(CC)ccc32)c1C. The Morgan fingerprint density at radius 2 is 1.57 bits per heavy atom. The van der Waals surface area contributed by atoms with Gasteiger partial charge in [0.1, 0.15) is 5.75 Å². The monoisotopic (exact) mass is 326 g/mol. The highest BCUT2D eigenvalue weighted by molar-refractivity contribution is 7.26. The van der Waals surface area contributed by atoms with Crippen LogP contribution in [0.1, 0.15) is 49.8 Å². The second-order valence-electron chi connectivity index (χ2n) is 6.30. The molecule has 0 aliphatic heterocycles. The Morgan fingerprint density at radius 3 is 2.26 bits per heavy atom. The molecule has 0 aliphatic carbocycles. The van der Waals surface area contributed by atoms with E-state index in [0.29, 0.717) is 0 Å². The molecule has 1 aromatic heterocycles. The second-order valence-corrected chi connectivity index (χ2v) is 7.32. The molecule has 3 aromatic rings. The molecule has 0 bridgehead atoms. The zero-order valence-corrected chi connectivity index (χ0v) is 15.5. The number of unbranched alkanes of at least 4 members (excludes halogenated alkanes) is 2. The van der Waals surface area contributed by atoms with E-state index < -0.39 is 0 Å². The number of ether oxygens (including phenoxy) is 1. The van der Waals surface area contributed by atoms with E-state index in [1.54, 1.807) is 0 Å². The molecule has 0 radical (unpaired) electrons. The zero-order valence-electron chi connectivity index (χ0n) is 14.7. The van der Waals surface area contributed by atoms with E-state index >= 15 is 0 Å². The minimum Gasteiger partial charge on any atom is -0.493 e. The number of thiophene rings is 1. The molecule has 0 spiro atoms. The molecule has 122 valence electrons.